The molecule has 3 fully saturated rings. The smallest absolute Gasteiger partial charge is 0.312 e. The number of fused-ring (bicyclic) bond motifs is 1. The number of nitrogens with zero attached hydrogens (tertiary/aromatic N) is 2. The zero-order valence-electron chi connectivity index (χ0n) is 25.1. The van der Waals surface area contributed by atoms with E-state index in [2.05, 4.69) is 18.5 Å². The number of anilines is 1. The van der Waals surface area contributed by atoms with Crippen LogP contribution in [0.3, 0.4) is 0 Å². The minimum absolute atomic E-state index is 0.118. The number of rotatable bonds is 14. The third kappa shape index (κ3) is 5.97. The second kappa shape index (κ2) is 13.6. The lowest BCUT2D eigenvalue weighted by Gasteiger charge is -2.39. The highest BCUT2D eigenvalue weighted by molar-refractivity contribution is 6.34. The number of aryl methyl sites for hydroxylation is 1. The number of esters is 1. The summed E-state index contributed by atoms with van der Waals surface area (Å²) in [6, 6.07) is 3.58. The zero-order valence-corrected chi connectivity index (χ0v) is 25.8. The molecule has 0 aromatic heterocycles. The van der Waals surface area contributed by atoms with E-state index >= 15 is 0 Å². The summed E-state index contributed by atoms with van der Waals surface area (Å²) >= 11 is 6.59. The van der Waals surface area contributed by atoms with Crippen LogP contribution < -0.4 is 10.2 Å². The van der Waals surface area contributed by atoms with Gasteiger partial charge in [0.05, 0.1) is 47.8 Å². The van der Waals surface area contributed by atoms with Crippen molar-refractivity contribution in [1.29, 1.82) is 0 Å². The number of hydrogen-bond donors (Lipinski definition) is 2. The van der Waals surface area contributed by atoms with Gasteiger partial charge in [-0.15, -0.1) is 13.2 Å². The molecule has 3 amide bonds. The van der Waals surface area contributed by atoms with Crippen LogP contribution in [-0.2, 0) is 28.7 Å². The summed E-state index contributed by atoms with van der Waals surface area (Å²) in [7, 11) is 0. The molecule has 1 spiro atoms. The number of carbonyl (C=O) groups excluding carboxylic acids is 4. The predicted molar refractivity (Wildman–Crippen MR) is 162 cm³/mol. The molecule has 1 aromatic carbocycles. The molecule has 0 radical (unpaired) electrons. The number of aliphatic hydroxyl groups is 1. The van der Waals surface area contributed by atoms with E-state index in [9.17, 15) is 24.3 Å². The Morgan fingerprint density at radius 1 is 1.33 bits per heavy atom. The van der Waals surface area contributed by atoms with E-state index < -0.39 is 59.5 Å². The first-order chi connectivity index (χ1) is 20.6. The van der Waals surface area contributed by atoms with Crippen molar-refractivity contribution < 1.29 is 33.8 Å². The molecule has 2 N–H and O–H groups in total. The van der Waals surface area contributed by atoms with Crippen molar-refractivity contribution >= 4 is 41.0 Å². The number of halogens is 1. The third-order valence-electron chi connectivity index (χ3n) is 8.84. The van der Waals surface area contributed by atoms with Gasteiger partial charge in [0, 0.05) is 13.0 Å². The minimum atomic E-state index is -1.28. The Bertz CT molecular complexity index is 1250. The van der Waals surface area contributed by atoms with Crippen LogP contribution in [0.15, 0.2) is 43.5 Å². The van der Waals surface area contributed by atoms with Crippen molar-refractivity contribution in [2.45, 2.75) is 82.8 Å². The van der Waals surface area contributed by atoms with Gasteiger partial charge in [-0.25, -0.2) is 0 Å². The Balaban J connectivity index is 1.66. The number of likely N-dealkylation sites (tertiary alicyclic amines) is 1. The lowest BCUT2D eigenvalue weighted by atomic mass is 9.70. The van der Waals surface area contributed by atoms with Crippen molar-refractivity contribution in [3.8, 4) is 0 Å². The molecular weight excluding hydrogens is 574 g/mol. The summed E-state index contributed by atoms with van der Waals surface area (Å²) in [5.41, 5.74) is -0.00159. The van der Waals surface area contributed by atoms with Crippen LogP contribution in [0.5, 0.6) is 0 Å². The van der Waals surface area contributed by atoms with Crippen LogP contribution in [0.2, 0.25) is 5.02 Å². The van der Waals surface area contributed by atoms with Crippen LogP contribution in [-0.4, -0.2) is 83.3 Å². The average Bonchev–Trinajstić information content (AvgIpc) is 3.62. The summed E-state index contributed by atoms with van der Waals surface area (Å²) in [6.45, 7) is 12.7. The molecule has 4 rings (SSSR count). The molecule has 10 nitrogen and oxygen atoms in total. The van der Waals surface area contributed by atoms with E-state index in [1.165, 1.54) is 9.80 Å². The maximum atomic E-state index is 14.6. The maximum Gasteiger partial charge on any atom is 0.312 e. The Kier molecular flexibility index (Phi) is 10.4. The Morgan fingerprint density at radius 2 is 2.07 bits per heavy atom. The van der Waals surface area contributed by atoms with E-state index in [1.807, 2.05) is 19.9 Å². The third-order valence-corrected chi connectivity index (χ3v) is 9.14. The van der Waals surface area contributed by atoms with Crippen molar-refractivity contribution in [2.75, 3.05) is 24.6 Å². The SMILES string of the molecule is C=CCCC(=O)NC[C@H](C)OC(=O)[C@@H]1[C@H]2C(=O)N([C@@H](CC)CO)[C@H](C(=O)N(CC=C)c3c(C)cccc3Cl)[C@]23CC[C@H]1O3. The Morgan fingerprint density at radius 3 is 2.70 bits per heavy atom. The Hall–Kier alpha value is -3.21. The van der Waals surface area contributed by atoms with E-state index in [4.69, 9.17) is 21.1 Å². The first-order valence-electron chi connectivity index (χ1n) is 14.9. The largest absolute Gasteiger partial charge is 0.460 e. The van der Waals surface area contributed by atoms with Crippen LogP contribution >= 0.6 is 11.6 Å². The number of allylic oxidation sites excluding steroid dienone is 1. The Labute approximate surface area is 258 Å². The molecular formula is C32H42ClN3O7. The highest BCUT2D eigenvalue weighted by Crippen LogP contribution is 2.59. The molecule has 3 saturated heterocycles. The lowest BCUT2D eigenvalue weighted by molar-refractivity contribution is -0.159. The van der Waals surface area contributed by atoms with Gasteiger partial charge >= 0.3 is 5.97 Å². The van der Waals surface area contributed by atoms with Gasteiger partial charge in [-0.05, 0) is 51.2 Å². The summed E-state index contributed by atoms with van der Waals surface area (Å²) in [5.74, 6) is -3.49. The number of benzene rings is 1. The molecule has 0 saturated carbocycles. The molecule has 0 unspecified atom stereocenters. The molecule has 3 aliphatic rings. The fourth-order valence-corrected chi connectivity index (χ4v) is 7.20. The molecule has 234 valence electrons. The zero-order chi connectivity index (χ0) is 31.5. The second-order valence-corrected chi connectivity index (χ2v) is 12.0. The molecule has 43 heavy (non-hydrogen) atoms. The van der Waals surface area contributed by atoms with Crippen molar-refractivity contribution in [1.82, 2.24) is 10.2 Å². The quantitative estimate of drug-likeness (QED) is 0.243. The number of aliphatic hydroxyl groups excluding tert-OH is 1. The van der Waals surface area contributed by atoms with Gasteiger partial charge in [-0.3, -0.25) is 19.2 Å². The number of carbonyl (C=O) groups is 4. The minimum Gasteiger partial charge on any atom is -0.460 e. The number of para-hydroxylation sites is 1. The van der Waals surface area contributed by atoms with Gasteiger partial charge in [0.2, 0.25) is 11.8 Å². The van der Waals surface area contributed by atoms with Gasteiger partial charge < -0.3 is 29.7 Å². The van der Waals surface area contributed by atoms with Crippen LogP contribution in [0, 0.1) is 18.8 Å². The molecule has 2 bridgehead atoms. The van der Waals surface area contributed by atoms with Gasteiger partial charge in [-0.1, -0.05) is 42.8 Å². The van der Waals surface area contributed by atoms with E-state index in [0.29, 0.717) is 36.4 Å². The maximum absolute atomic E-state index is 14.6. The fourth-order valence-electron chi connectivity index (χ4n) is 6.88. The van der Waals surface area contributed by atoms with Crippen molar-refractivity contribution in [3.05, 3.63) is 54.1 Å². The topological polar surface area (TPSA) is 125 Å². The summed E-state index contributed by atoms with van der Waals surface area (Å²) < 4.78 is 12.2. The van der Waals surface area contributed by atoms with Gasteiger partial charge in [-0.2, -0.15) is 0 Å². The molecule has 3 heterocycles. The van der Waals surface area contributed by atoms with E-state index in [1.54, 1.807) is 31.2 Å². The van der Waals surface area contributed by atoms with E-state index in [-0.39, 0.29) is 32.0 Å². The van der Waals surface area contributed by atoms with Crippen LogP contribution in [0.1, 0.15) is 51.5 Å². The number of nitrogens with one attached hydrogen (secondary N) is 1. The van der Waals surface area contributed by atoms with Crippen molar-refractivity contribution in [3.63, 3.8) is 0 Å². The standard InChI is InChI=1S/C32H42ClN3O7/c1-6-9-13-24(38)34-17-20(5)42-31(41)25-23-14-15-32(43-23)26(25)29(39)36(21(8-3)18-37)28(32)30(40)35(16-7-2)27-19(4)11-10-12-22(27)33/h6-7,10-12,20-21,23,25-26,28,37H,1-2,8-9,13-18H2,3-5H3,(H,34,38)/t20-,21-,23+,25-,26-,28+,32-/m0/s1. The monoisotopic (exact) mass is 615 g/mol. The first-order valence-corrected chi connectivity index (χ1v) is 15.3. The molecule has 1 aromatic rings. The van der Waals surface area contributed by atoms with Crippen LogP contribution in [0.4, 0.5) is 5.69 Å². The number of hydrogen-bond acceptors (Lipinski definition) is 7. The molecule has 11 heteroatoms. The summed E-state index contributed by atoms with van der Waals surface area (Å²) in [4.78, 5) is 57.5. The van der Waals surface area contributed by atoms with E-state index in [0.717, 1.165) is 5.56 Å². The summed E-state index contributed by atoms with van der Waals surface area (Å²) in [5, 5.41) is 13.4. The predicted octanol–water partition coefficient (Wildman–Crippen LogP) is 3.33. The number of amides is 3. The van der Waals surface area contributed by atoms with Crippen molar-refractivity contribution in [2.24, 2.45) is 11.8 Å². The average molecular weight is 616 g/mol. The first kappa shape index (κ1) is 32.7. The second-order valence-electron chi connectivity index (χ2n) is 11.6. The van der Waals surface area contributed by atoms with Gasteiger partial charge in [0.15, 0.2) is 0 Å². The molecule has 3 aliphatic heterocycles. The van der Waals surface area contributed by atoms with Crippen LogP contribution in [0.25, 0.3) is 0 Å². The fraction of sp³-hybridized carbons (Fsp3) is 0.562. The number of ether oxygens (including phenoxy) is 2. The van der Waals surface area contributed by atoms with Gasteiger partial charge in [0.1, 0.15) is 17.7 Å². The lowest BCUT2D eigenvalue weighted by Crippen LogP contribution is -2.59. The summed E-state index contributed by atoms with van der Waals surface area (Å²) in [6.07, 6.45) is 4.07. The normalized spacial score (nSPS) is 26.9. The highest BCUT2D eigenvalue weighted by Gasteiger charge is 2.75. The molecule has 0 aliphatic carbocycles. The highest BCUT2D eigenvalue weighted by atomic mass is 35.5. The van der Waals surface area contributed by atoms with Gasteiger partial charge in [0.25, 0.3) is 5.91 Å². The molecule has 7 atom stereocenters.